The number of benzene rings is 1. The van der Waals surface area contributed by atoms with Gasteiger partial charge in [-0.25, -0.2) is 13.1 Å². The average molecular weight is 421 g/mol. The summed E-state index contributed by atoms with van der Waals surface area (Å²) in [5.41, 5.74) is -0.850. The smallest absolute Gasteiger partial charge is 0.317 e. The third kappa shape index (κ3) is 7.37. The first-order valence-electron chi connectivity index (χ1n) is 10.1. The zero-order valence-corrected chi connectivity index (χ0v) is 17.2. The number of nitrogens with one attached hydrogen (secondary N) is 2. The lowest BCUT2D eigenvalue weighted by Gasteiger charge is -2.29. The highest BCUT2D eigenvalue weighted by Crippen LogP contribution is 2.31. The Balaban J connectivity index is 1.75. The maximum Gasteiger partial charge on any atom is 0.416 e. The molecule has 0 bridgehead atoms. The molecule has 1 aliphatic carbocycles. The molecule has 1 aromatic carbocycles. The lowest BCUT2D eigenvalue weighted by molar-refractivity contribution is -0.137. The van der Waals surface area contributed by atoms with Gasteiger partial charge < -0.3 is 5.32 Å². The van der Waals surface area contributed by atoms with Crippen molar-refractivity contribution in [3.8, 4) is 0 Å². The Morgan fingerprint density at radius 2 is 1.64 bits per heavy atom. The van der Waals surface area contributed by atoms with Crippen LogP contribution >= 0.6 is 0 Å². The summed E-state index contributed by atoms with van der Waals surface area (Å²) in [6.07, 6.45) is 3.87. The minimum absolute atomic E-state index is 0.122. The van der Waals surface area contributed by atoms with Crippen LogP contribution < -0.4 is 10.0 Å². The zero-order chi connectivity index (χ0) is 20.6. The second-order valence-corrected chi connectivity index (χ2v) is 9.28. The van der Waals surface area contributed by atoms with E-state index < -0.39 is 21.8 Å². The van der Waals surface area contributed by atoms with Crippen LogP contribution in [0.3, 0.4) is 0 Å². The lowest BCUT2D eigenvalue weighted by atomic mass is 9.83. The van der Waals surface area contributed by atoms with E-state index in [0.717, 1.165) is 63.0 Å². The second-order valence-electron chi connectivity index (χ2n) is 7.56. The van der Waals surface area contributed by atoms with Crippen LogP contribution in [0.4, 0.5) is 13.2 Å². The van der Waals surface area contributed by atoms with E-state index >= 15 is 0 Å². The number of unbranched alkanes of at least 4 members (excludes halogenated alkanes) is 2. The highest BCUT2D eigenvalue weighted by Gasteiger charge is 2.31. The lowest BCUT2D eigenvalue weighted by Crippen LogP contribution is -2.37. The van der Waals surface area contributed by atoms with Gasteiger partial charge in [0.25, 0.3) is 0 Å². The molecule has 0 saturated heterocycles. The van der Waals surface area contributed by atoms with E-state index in [4.69, 9.17) is 0 Å². The van der Waals surface area contributed by atoms with Gasteiger partial charge in [-0.1, -0.05) is 26.2 Å². The number of rotatable bonds is 10. The van der Waals surface area contributed by atoms with Crippen molar-refractivity contribution in [3.05, 3.63) is 29.8 Å². The average Bonchev–Trinajstić information content (AvgIpc) is 2.65. The Morgan fingerprint density at radius 1 is 1.00 bits per heavy atom. The van der Waals surface area contributed by atoms with Crippen molar-refractivity contribution in [3.63, 3.8) is 0 Å². The molecule has 0 amide bonds. The number of hydrogen-bond donors (Lipinski definition) is 2. The molecule has 0 heterocycles. The summed E-state index contributed by atoms with van der Waals surface area (Å²) < 4.78 is 65.4. The molecule has 0 aromatic heterocycles. The van der Waals surface area contributed by atoms with Gasteiger partial charge in [-0.15, -0.1) is 0 Å². The fraction of sp³-hybridized carbons (Fsp3) is 0.700. The van der Waals surface area contributed by atoms with E-state index in [-0.39, 0.29) is 10.9 Å². The highest BCUT2D eigenvalue weighted by atomic mass is 32.2. The Bertz CT molecular complexity index is 682. The van der Waals surface area contributed by atoms with Gasteiger partial charge in [0, 0.05) is 6.04 Å². The van der Waals surface area contributed by atoms with Crippen molar-refractivity contribution >= 4 is 10.0 Å². The van der Waals surface area contributed by atoms with Crippen LogP contribution in [0.25, 0.3) is 0 Å². The first-order valence-corrected chi connectivity index (χ1v) is 11.6. The maximum absolute atomic E-state index is 12.6. The van der Waals surface area contributed by atoms with Crippen LogP contribution in [0.5, 0.6) is 0 Å². The predicted octanol–water partition coefficient (Wildman–Crippen LogP) is 4.71. The Kier molecular flexibility index (Phi) is 8.77. The molecule has 28 heavy (non-hydrogen) atoms. The molecule has 160 valence electrons. The fourth-order valence-electron chi connectivity index (χ4n) is 3.72. The minimum Gasteiger partial charge on any atom is -0.317 e. The molecule has 0 aliphatic heterocycles. The molecule has 1 fully saturated rings. The van der Waals surface area contributed by atoms with Gasteiger partial charge in [0.2, 0.25) is 10.0 Å². The SMILES string of the molecule is CCNCCCCCC1CCC(NS(=O)(=O)c2ccc(C(F)(F)F)cc2)CC1. The fourth-order valence-corrected chi connectivity index (χ4v) is 5.02. The zero-order valence-electron chi connectivity index (χ0n) is 16.4. The van der Waals surface area contributed by atoms with Crippen LogP contribution in [-0.2, 0) is 16.2 Å². The predicted molar refractivity (Wildman–Crippen MR) is 105 cm³/mol. The van der Waals surface area contributed by atoms with Gasteiger partial charge in [-0.2, -0.15) is 13.2 Å². The van der Waals surface area contributed by atoms with E-state index in [2.05, 4.69) is 17.0 Å². The molecule has 0 spiro atoms. The molecule has 0 radical (unpaired) electrons. The highest BCUT2D eigenvalue weighted by molar-refractivity contribution is 7.89. The first-order chi connectivity index (χ1) is 13.2. The monoisotopic (exact) mass is 420 g/mol. The largest absolute Gasteiger partial charge is 0.416 e. The number of alkyl halides is 3. The third-order valence-electron chi connectivity index (χ3n) is 5.38. The quantitative estimate of drug-likeness (QED) is 0.539. The van der Waals surface area contributed by atoms with Crippen LogP contribution in [0.1, 0.15) is 63.9 Å². The summed E-state index contributed by atoms with van der Waals surface area (Å²) in [5.74, 6) is 0.644. The van der Waals surface area contributed by atoms with Crippen molar-refractivity contribution in [1.29, 1.82) is 0 Å². The summed E-state index contributed by atoms with van der Waals surface area (Å²) in [7, 11) is -3.79. The molecular formula is C20H31F3N2O2S. The third-order valence-corrected chi connectivity index (χ3v) is 6.91. The van der Waals surface area contributed by atoms with Gasteiger partial charge in [0.1, 0.15) is 0 Å². The first kappa shape index (κ1) is 23.2. The van der Waals surface area contributed by atoms with Crippen molar-refractivity contribution in [2.24, 2.45) is 5.92 Å². The molecule has 2 rings (SSSR count). The summed E-state index contributed by atoms with van der Waals surface area (Å²) in [4.78, 5) is -0.122. The van der Waals surface area contributed by atoms with Crippen LogP contribution in [-0.4, -0.2) is 27.5 Å². The summed E-state index contributed by atoms with van der Waals surface area (Å²) in [6.45, 7) is 4.17. The molecule has 1 aromatic rings. The Morgan fingerprint density at radius 3 is 2.21 bits per heavy atom. The Hall–Kier alpha value is -1.12. The maximum atomic E-state index is 12.6. The topological polar surface area (TPSA) is 58.2 Å². The molecular weight excluding hydrogens is 389 g/mol. The van der Waals surface area contributed by atoms with Crippen molar-refractivity contribution in [1.82, 2.24) is 10.0 Å². The molecule has 2 N–H and O–H groups in total. The molecule has 0 unspecified atom stereocenters. The van der Waals surface area contributed by atoms with Gasteiger partial charge in [0.15, 0.2) is 0 Å². The van der Waals surface area contributed by atoms with Gasteiger partial charge >= 0.3 is 6.18 Å². The number of sulfonamides is 1. The molecule has 4 nitrogen and oxygen atoms in total. The Labute approximate surface area is 166 Å². The van der Waals surface area contributed by atoms with Gasteiger partial charge in [0.05, 0.1) is 10.5 Å². The molecule has 1 saturated carbocycles. The van der Waals surface area contributed by atoms with Crippen LogP contribution in [0, 0.1) is 5.92 Å². The van der Waals surface area contributed by atoms with E-state index in [1.54, 1.807) is 0 Å². The number of halogens is 3. The standard InChI is InChI=1S/C20H31F3N2O2S/c1-2-24-15-5-3-4-6-16-7-11-18(12-8-16)25-28(26,27)19-13-9-17(10-14-19)20(21,22)23/h9-10,13-14,16,18,24-25H,2-8,11-12,15H2,1H3. The van der Waals surface area contributed by atoms with Gasteiger partial charge in [-0.3, -0.25) is 0 Å². The number of hydrogen-bond acceptors (Lipinski definition) is 3. The van der Waals surface area contributed by atoms with E-state index in [1.807, 2.05) is 0 Å². The van der Waals surface area contributed by atoms with E-state index in [0.29, 0.717) is 5.92 Å². The van der Waals surface area contributed by atoms with Crippen molar-refractivity contribution in [2.75, 3.05) is 13.1 Å². The van der Waals surface area contributed by atoms with Crippen molar-refractivity contribution < 1.29 is 21.6 Å². The minimum atomic E-state index is -4.47. The normalized spacial score (nSPS) is 21.0. The summed E-state index contributed by atoms with van der Waals surface area (Å²) in [6, 6.07) is 3.51. The molecule has 0 atom stereocenters. The van der Waals surface area contributed by atoms with E-state index in [1.165, 1.54) is 25.7 Å². The van der Waals surface area contributed by atoms with Gasteiger partial charge in [-0.05, 0) is 75.4 Å². The second kappa shape index (κ2) is 10.6. The van der Waals surface area contributed by atoms with Crippen molar-refractivity contribution in [2.45, 2.75) is 75.4 Å². The van der Waals surface area contributed by atoms with E-state index in [9.17, 15) is 21.6 Å². The summed E-state index contributed by atoms with van der Waals surface area (Å²) >= 11 is 0. The molecule has 8 heteroatoms. The molecule has 1 aliphatic rings. The summed E-state index contributed by atoms with van der Waals surface area (Å²) in [5, 5.41) is 3.32. The van der Waals surface area contributed by atoms with Crippen LogP contribution in [0.2, 0.25) is 0 Å². The van der Waals surface area contributed by atoms with Crippen LogP contribution in [0.15, 0.2) is 29.2 Å².